The highest BCUT2D eigenvalue weighted by atomic mass is 79.9. The van der Waals surface area contributed by atoms with Gasteiger partial charge in [0.15, 0.2) is 5.69 Å². The molecule has 0 aliphatic heterocycles. The Morgan fingerprint density at radius 3 is 1.48 bits per heavy atom. The van der Waals surface area contributed by atoms with Crippen LogP contribution in [0.2, 0.25) is 15.1 Å². The van der Waals surface area contributed by atoms with E-state index in [-0.39, 0.29) is 29.7 Å². The smallest absolute Gasteiger partial charge is 0.306 e. The summed E-state index contributed by atoms with van der Waals surface area (Å²) in [6.45, 7) is 0. The van der Waals surface area contributed by atoms with Crippen molar-refractivity contribution in [3.63, 3.8) is 0 Å². The van der Waals surface area contributed by atoms with Gasteiger partial charge in [0.05, 0.1) is 56.6 Å². The van der Waals surface area contributed by atoms with Gasteiger partial charge < -0.3 is 5.32 Å². The average molecular weight is 565 g/mol. The van der Waals surface area contributed by atoms with Crippen molar-refractivity contribution in [1.29, 1.82) is 0 Å². The molecule has 0 heterocycles. The minimum atomic E-state index is -1.01. The van der Waals surface area contributed by atoms with Crippen LogP contribution in [0.5, 0.6) is 0 Å². The fraction of sp³-hybridized carbons (Fsp3) is 0. The quantitative estimate of drug-likeness (QED) is 0.185. The summed E-state index contributed by atoms with van der Waals surface area (Å²) < 4.78 is 0.327. The zero-order valence-electron chi connectivity index (χ0n) is 12.3. The first kappa shape index (κ1) is 21.6. The van der Waals surface area contributed by atoms with Crippen LogP contribution in [0.4, 0.5) is 28.4 Å². The second-order valence-corrected chi connectivity index (χ2v) is 7.42. The molecule has 0 aliphatic carbocycles. The Hall–Kier alpha value is -1.73. The number of benzene rings is 2. The number of non-ortho nitro benzene ring substituents is 1. The third-order valence-electron chi connectivity index (χ3n) is 3.15. The molecule has 0 radical (unpaired) electrons. The maximum absolute atomic E-state index is 11.3. The number of halogens is 5. The summed E-state index contributed by atoms with van der Waals surface area (Å²) in [7, 11) is 0. The molecule has 0 bridgehead atoms. The molecule has 1 N–H and O–H groups in total. The van der Waals surface area contributed by atoms with Gasteiger partial charge in [0.25, 0.3) is 5.69 Å². The van der Waals surface area contributed by atoms with Crippen molar-refractivity contribution >= 4 is 95.1 Å². The second-order valence-electron chi connectivity index (χ2n) is 4.70. The van der Waals surface area contributed by atoms with Gasteiger partial charge in [0.1, 0.15) is 0 Å². The average Bonchev–Trinajstić information content (AvgIpc) is 2.61. The van der Waals surface area contributed by atoms with Gasteiger partial charge in [-0.1, -0.05) is 34.8 Å². The summed E-state index contributed by atoms with van der Waals surface area (Å²) in [5, 5.41) is 35.9. The van der Waals surface area contributed by atoms with Gasteiger partial charge in [-0.25, -0.2) is 0 Å². The van der Waals surface area contributed by atoms with E-state index in [1.165, 1.54) is 0 Å². The number of nitrogens with zero attached hydrogens (tertiary/aromatic N) is 3. The van der Waals surface area contributed by atoms with Gasteiger partial charge >= 0.3 is 11.4 Å². The van der Waals surface area contributed by atoms with Crippen molar-refractivity contribution in [2.45, 2.75) is 0 Å². The monoisotopic (exact) mass is 562 g/mol. The van der Waals surface area contributed by atoms with E-state index in [4.69, 9.17) is 34.8 Å². The molecule has 0 aliphatic rings. The molecule has 15 heteroatoms. The maximum Gasteiger partial charge on any atom is 0.306 e. The molecule has 27 heavy (non-hydrogen) atoms. The van der Waals surface area contributed by atoms with Crippen LogP contribution in [0.3, 0.4) is 0 Å². The molecule has 0 fully saturated rings. The van der Waals surface area contributed by atoms with Crippen molar-refractivity contribution in [3.8, 4) is 0 Å². The topological polar surface area (TPSA) is 141 Å². The van der Waals surface area contributed by atoms with Crippen LogP contribution in [0.1, 0.15) is 0 Å². The standard InChI is InChI=1S/C12H3Br2Cl3N4O6/c13-6-8(15)7(14)10(17)12(9(6)16)18-11-4(20(24)25)1-3(19(22)23)2-5(11)21(26)27/h1-2,18H. The van der Waals surface area contributed by atoms with Crippen molar-refractivity contribution in [3.05, 3.63) is 66.5 Å². The number of nitro benzene ring substituents is 3. The maximum atomic E-state index is 11.3. The summed E-state index contributed by atoms with van der Waals surface area (Å²) in [6.07, 6.45) is 0. The molecule has 2 aromatic carbocycles. The Morgan fingerprint density at radius 2 is 1.15 bits per heavy atom. The molecule has 0 atom stereocenters. The predicted molar refractivity (Wildman–Crippen MR) is 107 cm³/mol. The molecule has 10 nitrogen and oxygen atoms in total. The van der Waals surface area contributed by atoms with Crippen molar-refractivity contribution in [2.75, 3.05) is 5.32 Å². The van der Waals surface area contributed by atoms with E-state index in [0.29, 0.717) is 12.1 Å². The van der Waals surface area contributed by atoms with Crippen LogP contribution in [0, 0.1) is 30.3 Å². The fourth-order valence-electron chi connectivity index (χ4n) is 1.96. The van der Waals surface area contributed by atoms with E-state index in [1.54, 1.807) is 0 Å². The van der Waals surface area contributed by atoms with E-state index in [9.17, 15) is 30.3 Å². The van der Waals surface area contributed by atoms with Gasteiger partial charge in [0, 0.05) is 0 Å². The van der Waals surface area contributed by atoms with Gasteiger partial charge in [-0.3, -0.25) is 30.3 Å². The summed E-state index contributed by atoms with van der Waals surface area (Å²) in [5.41, 5.74) is -3.42. The Morgan fingerprint density at radius 1 is 0.741 bits per heavy atom. The van der Waals surface area contributed by atoms with Crippen molar-refractivity contribution in [1.82, 2.24) is 0 Å². The minimum Gasteiger partial charge on any atom is -0.342 e. The Labute approximate surface area is 181 Å². The molecular weight excluding hydrogens is 562 g/mol. The molecular formula is C12H3Br2Cl3N4O6. The number of hydrogen-bond donors (Lipinski definition) is 1. The van der Waals surface area contributed by atoms with Crippen LogP contribution in [0.25, 0.3) is 0 Å². The van der Waals surface area contributed by atoms with Crippen LogP contribution in [-0.2, 0) is 0 Å². The van der Waals surface area contributed by atoms with E-state index < -0.39 is 37.5 Å². The summed E-state index contributed by atoms with van der Waals surface area (Å²) in [6, 6.07) is 1.16. The SMILES string of the molecule is O=[N+]([O-])c1cc([N+](=O)[O-])c(Nc2c(Cl)c(Br)c(Cl)c(Br)c2Cl)c([N+](=O)[O-])c1. The normalized spacial score (nSPS) is 10.6. The summed E-state index contributed by atoms with van der Waals surface area (Å²) in [4.78, 5) is 30.6. The Bertz CT molecular complexity index is 955. The lowest BCUT2D eigenvalue weighted by Crippen LogP contribution is -2.04. The highest BCUT2D eigenvalue weighted by molar-refractivity contribution is 9.11. The first-order valence-corrected chi connectivity index (χ1v) is 9.09. The molecule has 142 valence electrons. The minimum absolute atomic E-state index is 0.100. The Kier molecular flexibility index (Phi) is 6.47. The first-order chi connectivity index (χ1) is 12.5. The predicted octanol–water partition coefficient (Wildman–Crippen LogP) is 6.64. The molecule has 0 saturated heterocycles. The van der Waals surface area contributed by atoms with Crippen LogP contribution >= 0.6 is 66.7 Å². The molecule has 0 aromatic heterocycles. The van der Waals surface area contributed by atoms with Gasteiger partial charge in [-0.15, -0.1) is 0 Å². The lowest BCUT2D eigenvalue weighted by molar-refractivity contribution is -0.401. The van der Waals surface area contributed by atoms with Crippen LogP contribution < -0.4 is 5.32 Å². The third-order valence-corrected chi connectivity index (χ3v) is 6.78. The lowest BCUT2D eigenvalue weighted by Gasteiger charge is -2.15. The number of hydrogen-bond acceptors (Lipinski definition) is 7. The number of anilines is 2. The fourth-order valence-corrected chi connectivity index (χ4v) is 3.82. The van der Waals surface area contributed by atoms with E-state index in [1.807, 2.05) is 0 Å². The van der Waals surface area contributed by atoms with E-state index >= 15 is 0 Å². The van der Waals surface area contributed by atoms with Crippen molar-refractivity contribution in [2.24, 2.45) is 0 Å². The zero-order valence-corrected chi connectivity index (χ0v) is 17.8. The molecule has 0 spiro atoms. The third kappa shape index (κ3) is 4.09. The Balaban J connectivity index is 2.82. The van der Waals surface area contributed by atoms with Crippen molar-refractivity contribution < 1.29 is 14.8 Å². The molecule has 0 saturated carbocycles. The van der Waals surface area contributed by atoms with E-state index in [2.05, 4.69) is 37.2 Å². The van der Waals surface area contributed by atoms with Gasteiger partial charge in [-0.2, -0.15) is 0 Å². The molecule has 0 unspecified atom stereocenters. The first-order valence-electron chi connectivity index (χ1n) is 6.37. The molecule has 2 aromatic rings. The van der Waals surface area contributed by atoms with Crippen LogP contribution in [0.15, 0.2) is 21.1 Å². The van der Waals surface area contributed by atoms with E-state index in [0.717, 1.165) is 0 Å². The summed E-state index contributed by atoms with van der Waals surface area (Å²) in [5.74, 6) is 0. The molecule has 2 rings (SSSR count). The highest BCUT2D eigenvalue weighted by Crippen LogP contribution is 2.50. The van der Waals surface area contributed by atoms with Gasteiger partial charge in [0.2, 0.25) is 0 Å². The highest BCUT2D eigenvalue weighted by Gasteiger charge is 2.32. The molecule has 0 amide bonds. The van der Waals surface area contributed by atoms with Crippen LogP contribution in [-0.4, -0.2) is 14.8 Å². The number of rotatable bonds is 5. The summed E-state index contributed by atoms with van der Waals surface area (Å²) >= 11 is 24.5. The zero-order chi connectivity index (χ0) is 20.6. The number of nitrogens with one attached hydrogen (secondary N) is 1. The van der Waals surface area contributed by atoms with Gasteiger partial charge in [-0.05, 0) is 31.9 Å². The number of nitro groups is 3. The lowest BCUT2D eigenvalue weighted by atomic mass is 10.2. The largest absolute Gasteiger partial charge is 0.342 e. The second kappa shape index (κ2) is 8.10.